The standard InChI is InChI=1S/C5H7NO3/c1-4(2)5(8)6(9)3-7/h3,9H,1H2,2H3. The van der Waals surface area contributed by atoms with Gasteiger partial charge in [-0.25, -0.2) is 0 Å². The highest BCUT2D eigenvalue weighted by Gasteiger charge is 2.08. The molecule has 50 valence electrons. The minimum Gasteiger partial charge on any atom is -0.278 e. The molecule has 0 rings (SSSR count). The number of amides is 2. The Morgan fingerprint density at radius 2 is 2.22 bits per heavy atom. The lowest BCUT2D eigenvalue weighted by atomic mass is 10.3. The van der Waals surface area contributed by atoms with E-state index < -0.39 is 5.91 Å². The normalized spacial score (nSPS) is 8.22. The first-order chi connectivity index (χ1) is 4.09. The molecule has 0 aromatic heterocycles. The van der Waals surface area contributed by atoms with Gasteiger partial charge in [0.1, 0.15) is 0 Å². The lowest BCUT2D eigenvalue weighted by Gasteiger charge is -2.03. The van der Waals surface area contributed by atoms with E-state index in [1.54, 1.807) is 0 Å². The predicted molar refractivity (Wildman–Crippen MR) is 29.5 cm³/mol. The molecule has 0 fully saturated rings. The summed E-state index contributed by atoms with van der Waals surface area (Å²) in [4.78, 5) is 20.1. The third-order valence-electron chi connectivity index (χ3n) is 0.673. The smallest absolute Gasteiger partial charge is 0.278 e. The number of imide groups is 1. The molecule has 0 saturated carbocycles. The highest BCUT2D eigenvalue weighted by molar-refractivity contribution is 5.96. The van der Waals surface area contributed by atoms with Crippen LogP contribution in [-0.2, 0) is 9.59 Å². The van der Waals surface area contributed by atoms with Gasteiger partial charge in [0.2, 0.25) is 6.41 Å². The quantitative estimate of drug-likeness (QED) is 0.246. The molecule has 0 aromatic carbocycles. The molecule has 0 atom stereocenters. The van der Waals surface area contributed by atoms with Crippen LogP contribution in [0.25, 0.3) is 0 Å². The van der Waals surface area contributed by atoms with Gasteiger partial charge in [-0.2, -0.15) is 5.06 Å². The minimum absolute atomic E-state index is 0.0109. The largest absolute Gasteiger partial charge is 0.279 e. The maximum atomic E-state index is 10.4. The van der Waals surface area contributed by atoms with E-state index in [-0.39, 0.29) is 17.0 Å². The molecule has 0 spiro atoms. The maximum absolute atomic E-state index is 10.4. The van der Waals surface area contributed by atoms with Gasteiger partial charge in [-0.15, -0.1) is 0 Å². The van der Waals surface area contributed by atoms with E-state index in [1.807, 2.05) is 0 Å². The van der Waals surface area contributed by atoms with Gasteiger partial charge >= 0.3 is 0 Å². The van der Waals surface area contributed by atoms with Gasteiger partial charge in [0.25, 0.3) is 5.91 Å². The summed E-state index contributed by atoms with van der Waals surface area (Å²) in [6, 6.07) is 0. The fraction of sp³-hybridized carbons (Fsp3) is 0.200. The second-order valence-corrected chi connectivity index (χ2v) is 1.54. The van der Waals surface area contributed by atoms with Crippen molar-refractivity contribution < 1.29 is 14.8 Å². The summed E-state index contributed by atoms with van der Waals surface area (Å²) in [6.45, 7) is 4.61. The highest BCUT2D eigenvalue weighted by atomic mass is 16.5. The lowest BCUT2D eigenvalue weighted by molar-refractivity contribution is -0.166. The van der Waals surface area contributed by atoms with E-state index in [0.29, 0.717) is 0 Å². The number of carbonyl (C=O) groups excluding carboxylic acids is 2. The van der Waals surface area contributed by atoms with Crippen molar-refractivity contribution >= 4 is 12.3 Å². The Morgan fingerprint density at radius 1 is 1.78 bits per heavy atom. The van der Waals surface area contributed by atoms with Gasteiger partial charge < -0.3 is 0 Å². The van der Waals surface area contributed by atoms with E-state index in [1.165, 1.54) is 6.92 Å². The predicted octanol–water partition coefficient (Wildman–Crippen LogP) is -0.0633. The van der Waals surface area contributed by atoms with Crippen LogP contribution in [-0.4, -0.2) is 22.6 Å². The summed E-state index contributed by atoms with van der Waals surface area (Å²) >= 11 is 0. The summed E-state index contributed by atoms with van der Waals surface area (Å²) in [5.74, 6) is -0.787. The topological polar surface area (TPSA) is 57.6 Å². The van der Waals surface area contributed by atoms with E-state index >= 15 is 0 Å². The molecule has 0 radical (unpaired) electrons. The summed E-state index contributed by atoms with van der Waals surface area (Å²) in [7, 11) is 0. The van der Waals surface area contributed by atoms with Crippen LogP contribution in [0.5, 0.6) is 0 Å². The molecule has 0 aliphatic rings. The molecule has 0 bridgehead atoms. The fourth-order valence-electron chi connectivity index (χ4n) is 0.243. The van der Waals surface area contributed by atoms with Crippen molar-refractivity contribution in [2.45, 2.75) is 6.92 Å². The first-order valence-corrected chi connectivity index (χ1v) is 2.23. The van der Waals surface area contributed by atoms with Crippen LogP contribution < -0.4 is 0 Å². The SMILES string of the molecule is C=C(C)C(=O)N(O)C=O. The second-order valence-electron chi connectivity index (χ2n) is 1.54. The van der Waals surface area contributed by atoms with Crippen molar-refractivity contribution in [1.82, 2.24) is 5.06 Å². The van der Waals surface area contributed by atoms with E-state index in [2.05, 4.69) is 6.58 Å². The summed E-state index contributed by atoms with van der Waals surface area (Å²) < 4.78 is 0. The third-order valence-corrected chi connectivity index (χ3v) is 0.673. The number of carbonyl (C=O) groups is 2. The number of hydroxylamine groups is 2. The van der Waals surface area contributed by atoms with Crippen LogP contribution in [0.15, 0.2) is 12.2 Å². The van der Waals surface area contributed by atoms with Gasteiger partial charge in [0.15, 0.2) is 0 Å². The first kappa shape index (κ1) is 7.84. The average Bonchev–Trinajstić information content (AvgIpc) is 1.84. The first-order valence-electron chi connectivity index (χ1n) is 2.23. The van der Waals surface area contributed by atoms with Gasteiger partial charge in [-0.1, -0.05) is 6.58 Å². The molecule has 9 heavy (non-hydrogen) atoms. The van der Waals surface area contributed by atoms with Gasteiger partial charge in [0, 0.05) is 5.57 Å². The fourth-order valence-corrected chi connectivity index (χ4v) is 0.243. The number of hydrogen-bond acceptors (Lipinski definition) is 3. The Balaban J connectivity index is 4.03. The van der Waals surface area contributed by atoms with Crippen LogP contribution in [0.1, 0.15) is 6.92 Å². The van der Waals surface area contributed by atoms with Crippen LogP contribution in [0.2, 0.25) is 0 Å². The Bertz CT molecular complexity index is 152. The number of nitrogens with zero attached hydrogens (tertiary/aromatic N) is 1. The molecule has 0 saturated heterocycles. The van der Waals surface area contributed by atoms with E-state index in [4.69, 9.17) is 5.21 Å². The maximum Gasteiger partial charge on any atom is 0.279 e. The van der Waals surface area contributed by atoms with Crippen molar-refractivity contribution in [3.05, 3.63) is 12.2 Å². The molecule has 2 amide bonds. The van der Waals surface area contributed by atoms with E-state index in [0.717, 1.165) is 0 Å². The average molecular weight is 129 g/mol. The molecule has 0 unspecified atom stereocenters. The van der Waals surface area contributed by atoms with E-state index in [9.17, 15) is 9.59 Å². The summed E-state index contributed by atoms with van der Waals surface area (Å²) in [6.07, 6.45) is 0.0109. The van der Waals surface area contributed by atoms with Crippen molar-refractivity contribution in [1.29, 1.82) is 0 Å². The summed E-state index contributed by atoms with van der Waals surface area (Å²) in [5, 5.41) is 8.30. The summed E-state index contributed by atoms with van der Waals surface area (Å²) in [5.41, 5.74) is 0.115. The molecule has 0 aliphatic heterocycles. The zero-order valence-corrected chi connectivity index (χ0v) is 5.00. The third kappa shape index (κ3) is 2.05. The Kier molecular flexibility index (Phi) is 2.60. The Labute approximate surface area is 52.3 Å². The van der Waals surface area contributed by atoms with Crippen molar-refractivity contribution in [2.24, 2.45) is 0 Å². The van der Waals surface area contributed by atoms with Crippen LogP contribution in [0.4, 0.5) is 0 Å². The molecular weight excluding hydrogens is 122 g/mol. The molecule has 0 aromatic rings. The van der Waals surface area contributed by atoms with Crippen molar-refractivity contribution in [3.8, 4) is 0 Å². The highest BCUT2D eigenvalue weighted by Crippen LogP contribution is 1.90. The van der Waals surface area contributed by atoms with Gasteiger partial charge in [-0.3, -0.25) is 14.8 Å². The zero-order valence-electron chi connectivity index (χ0n) is 5.00. The zero-order chi connectivity index (χ0) is 7.44. The number of rotatable bonds is 2. The van der Waals surface area contributed by atoms with Crippen LogP contribution in [0, 0.1) is 0 Å². The number of hydrogen-bond donors (Lipinski definition) is 1. The molecule has 0 aliphatic carbocycles. The molecule has 1 N–H and O–H groups in total. The second kappa shape index (κ2) is 2.99. The monoisotopic (exact) mass is 129 g/mol. The van der Waals surface area contributed by atoms with Crippen LogP contribution >= 0.6 is 0 Å². The molecule has 4 nitrogen and oxygen atoms in total. The van der Waals surface area contributed by atoms with Crippen LogP contribution in [0.3, 0.4) is 0 Å². The molecular formula is C5H7NO3. The lowest BCUT2D eigenvalue weighted by Crippen LogP contribution is -2.25. The minimum atomic E-state index is -0.787. The van der Waals surface area contributed by atoms with Crippen molar-refractivity contribution in [2.75, 3.05) is 0 Å². The molecule has 0 heterocycles. The van der Waals surface area contributed by atoms with Gasteiger partial charge in [-0.05, 0) is 6.92 Å². The van der Waals surface area contributed by atoms with Crippen molar-refractivity contribution in [3.63, 3.8) is 0 Å². The Hall–Kier alpha value is -1.16. The van der Waals surface area contributed by atoms with Gasteiger partial charge in [0.05, 0.1) is 0 Å². The molecule has 4 heteroatoms. The Morgan fingerprint density at radius 3 is 2.33 bits per heavy atom.